The molecular weight excluding hydrogens is 322 g/mol. The average Bonchev–Trinajstić information content (AvgIpc) is 2.97. The summed E-state index contributed by atoms with van der Waals surface area (Å²) in [6.45, 7) is 1.13. The third-order valence-corrected chi connectivity index (χ3v) is 3.91. The van der Waals surface area contributed by atoms with Crippen molar-refractivity contribution in [1.82, 2.24) is 10.3 Å². The summed E-state index contributed by atoms with van der Waals surface area (Å²) in [5.41, 5.74) is 7.09. The van der Waals surface area contributed by atoms with Gasteiger partial charge in [-0.3, -0.25) is 4.79 Å². The van der Waals surface area contributed by atoms with E-state index < -0.39 is 0 Å². The highest BCUT2D eigenvalue weighted by atomic mass is 35.5. The molecule has 0 atom stereocenters. The lowest BCUT2D eigenvalue weighted by molar-refractivity contribution is 0.0949. The minimum atomic E-state index is -0.136. The van der Waals surface area contributed by atoms with Crippen molar-refractivity contribution in [3.63, 3.8) is 0 Å². The van der Waals surface area contributed by atoms with Gasteiger partial charge in [0, 0.05) is 18.3 Å². The van der Waals surface area contributed by atoms with Crippen LogP contribution in [-0.4, -0.2) is 31.1 Å². The number of hydrogen-bond acceptors (Lipinski definition) is 5. The van der Waals surface area contributed by atoms with Crippen molar-refractivity contribution in [2.75, 3.05) is 20.2 Å². The minimum absolute atomic E-state index is 0. The van der Waals surface area contributed by atoms with E-state index in [9.17, 15) is 4.79 Å². The first-order chi connectivity index (χ1) is 10.2. The van der Waals surface area contributed by atoms with Gasteiger partial charge >= 0.3 is 0 Å². The first-order valence-electron chi connectivity index (χ1n) is 6.78. The first-order valence-corrected chi connectivity index (χ1v) is 7.66. The van der Waals surface area contributed by atoms with Gasteiger partial charge in [-0.05, 0) is 30.7 Å². The lowest BCUT2D eigenvalue weighted by Gasteiger charge is -2.05. The Bertz CT molecular complexity index is 587. The van der Waals surface area contributed by atoms with Gasteiger partial charge in [-0.25, -0.2) is 4.98 Å². The smallest absolute Gasteiger partial charge is 0.270 e. The molecule has 0 unspecified atom stereocenters. The van der Waals surface area contributed by atoms with Gasteiger partial charge in [0.05, 0.1) is 12.1 Å². The van der Waals surface area contributed by atoms with E-state index in [0.29, 0.717) is 25.2 Å². The Morgan fingerprint density at radius 2 is 2.05 bits per heavy atom. The summed E-state index contributed by atoms with van der Waals surface area (Å²) in [6, 6.07) is 7.81. The lowest BCUT2D eigenvalue weighted by Crippen LogP contribution is -2.26. The predicted octanol–water partition coefficient (Wildman–Crippen LogP) is 2.05. The molecule has 2 aromatic rings. The number of benzene rings is 1. The normalized spacial score (nSPS) is 9.91. The number of rotatable bonds is 7. The van der Waals surface area contributed by atoms with Gasteiger partial charge in [-0.2, -0.15) is 0 Å². The maximum absolute atomic E-state index is 11.9. The second-order valence-electron chi connectivity index (χ2n) is 4.52. The Labute approximate surface area is 140 Å². The second-order valence-corrected chi connectivity index (χ2v) is 5.46. The van der Waals surface area contributed by atoms with Crippen LogP contribution in [0.4, 0.5) is 0 Å². The number of nitrogens with zero attached hydrogens (tertiary/aromatic N) is 1. The summed E-state index contributed by atoms with van der Waals surface area (Å²) in [5.74, 6) is 0.695. The van der Waals surface area contributed by atoms with Gasteiger partial charge in [-0.15, -0.1) is 23.7 Å². The number of nitrogens with one attached hydrogen (secondary N) is 1. The molecule has 7 heteroatoms. The molecule has 0 bridgehead atoms. The van der Waals surface area contributed by atoms with E-state index in [-0.39, 0.29) is 18.3 Å². The van der Waals surface area contributed by atoms with Crippen molar-refractivity contribution < 1.29 is 9.53 Å². The lowest BCUT2D eigenvalue weighted by atomic mass is 10.1. The number of aromatic nitrogens is 1. The molecule has 0 aliphatic rings. The molecule has 0 saturated heterocycles. The molecule has 1 heterocycles. The van der Waals surface area contributed by atoms with Crippen molar-refractivity contribution >= 4 is 29.7 Å². The zero-order valence-electron chi connectivity index (χ0n) is 12.4. The molecule has 1 aromatic heterocycles. The summed E-state index contributed by atoms with van der Waals surface area (Å²) in [7, 11) is 1.64. The Morgan fingerprint density at radius 3 is 2.68 bits per heavy atom. The van der Waals surface area contributed by atoms with Crippen molar-refractivity contribution in [1.29, 1.82) is 0 Å². The Morgan fingerprint density at radius 1 is 1.32 bits per heavy atom. The number of ether oxygens (including phenoxy) is 1. The van der Waals surface area contributed by atoms with E-state index in [1.807, 2.05) is 24.3 Å². The molecule has 0 fully saturated rings. The molecule has 5 nitrogen and oxygen atoms in total. The summed E-state index contributed by atoms with van der Waals surface area (Å²) >= 11 is 1.47. The van der Waals surface area contributed by atoms with Crippen molar-refractivity contribution in [3.05, 3.63) is 45.9 Å². The van der Waals surface area contributed by atoms with Crippen LogP contribution in [0.3, 0.4) is 0 Å². The Kier molecular flexibility index (Phi) is 7.87. The quantitative estimate of drug-likeness (QED) is 0.808. The molecule has 0 aliphatic heterocycles. The number of amides is 1. The second kappa shape index (κ2) is 9.40. The minimum Gasteiger partial charge on any atom is -0.497 e. The van der Waals surface area contributed by atoms with Gasteiger partial charge < -0.3 is 15.8 Å². The first kappa shape index (κ1) is 18.4. The maximum Gasteiger partial charge on any atom is 0.270 e. The monoisotopic (exact) mass is 341 g/mol. The highest BCUT2D eigenvalue weighted by molar-refractivity contribution is 7.09. The van der Waals surface area contributed by atoms with Crippen LogP contribution in [0.2, 0.25) is 0 Å². The molecule has 1 amide bonds. The molecule has 1 aromatic carbocycles. The highest BCUT2D eigenvalue weighted by Crippen LogP contribution is 2.12. The van der Waals surface area contributed by atoms with Gasteiger partial charge in [-0.1, -0.05) is 12.1 Å². The molecule has 22 heavy (non-hydrogen) atoms. The van der Waals surface area contributed by atoms with E-state index in [1.165, 1.54) is 11.3 Å². The predicted molar refractivity (Wildman–Crippen MR) is 91.2 cm³/mol. The van der Waals surface area contributed by atoms with Gasteiger partial charge in [0.1, 0.15) is 11.4 Å². The van der Waals surface area contributed by atoms with Crippen LogP contribution in [0, 0.1) is 0 Å². The maximum atomic E-state index is 11.9. The zero-order valence-corrected chi connectivity index (χ0v) is 14.0. The molecule has 0 aliphatic carbocycles. The summed E-state index contributed by atoms with van der Waals surface area (Å²) in [6.07, 6.45) is 1.49. The molecule has 0 saturated carbocycles. The number of thiazole rings is 1. The molecule has 0 radical (unpaired) electrons. The van der Waals surface area contributed by atoms with E-state index >= 15 is 0 Å². The van der Waals surface area contributed by atoms with Crippen LogP contribution in [0.15, 0.2) is 29.6 Å². The fourth-order valence-electron chi connectivity index (χ4n) is 1.86. The highest BCUT2D eigenvalue weighted by Gasteiger charge is 2.09. The molecular formula is C15H20ClN3O2S. The van der Waals surface area contributed by atoms with Crippen molar-refractivity contribution in [2.45, 2.75) is 12.8 Å². The summed E-state index contributed by atoms with van der Waals surface area (Å²) in [4.78, 5) is 16.2. The van der Waals surface area contributed by atoms with Crippen LogP contribution in [0.1, 0.15) is 21.1 Å². The third kappa shape index (κ3) is 5.29. The molecule has 3 N–H and O–H groups in total. The number of hydrogen-bond donors (Lipinski definition) is 2. The van der Waals surface area contributed by atoms with Crippen molar-refractivity contribution in [2.24, 2.45) is 5.73 Å². The Balaban J connectivity index is 0.00000242. The fourth-order valence-corrected chi connectivity index (χ4v) is 2.65. The Hall–Kier alpha value is -1.63. The van der Waals surface area contributed by atoms with Crippen LogP contribution < -0.4 is 15.8 Å². The molecule has 120 valence electrons. The fraction of sp³-hybridized carbons (Fsp3) is 0.333. The largest absolute Gasteiger partial charge is 0.497 e. The standard InChI is InChI=1S/C15H19N3O2S.ClH/c1-20-12-4-2-11(3-5-12)7-9-17-15(19)13-10-21-14(18-13)6-8-16;/h2-5,10H,6-9,16H2,1H3,(H,17,19);1H. The third-order valence-electron chi connectivity index (χ3n) is 3.00. The number of nitrogens with two attached hydrogens (primary N) is 1. The summed E-state index contributed by atoms with van der Waals surface area (Å²) < 4.78 is 5.11. The topological polar surface area (TPSA) is 77.2 Å². The van der Waals surface area contributed by atoms with Gasteiger partial charge in [0.25, 0.3) is 5.91 Å². The molecule has 0 spiro atoms. The van der Waals surface area contributed by atoms with E-state index in [4.69, 9.17) is 10.5 Å². The van der Waals surface area contributed by atoms with Crippen LogP contribution in [-0.2, 0) is 12.8 Å². The SMILES string of the molecule is COc1ccc(CCNC(=O)c2csc(CCN)n2)cc1.Cl. The van der Waals surface area contributed by atoms with E-state index in [1.54, 1.807) is 12.5 Å². The number of carbonyl (C=O) groups is 1. The van der Waals surface area contributed by atoms with Gasteiger partial charge in [0.15, 0.2) is 0 Å². The van der Waals surface area contributed by atoms with E-state index in [2.05, 4.69) is 10.3 Å². The van der Waals surface area contributed by atoms with Crippen LogP contribution >= 0.6 is 23.7 Å². The van der Waals surface area contributed by atoms with E-state index in [0.717, 1.165) is 22.7 Å². The number of halogens is 1. The summed E-state index contributed by atoms with van der Waals surface area (Å²) in [5, 5.41) is 5.55. The zero-order chi connectivity index (χ0) is 15.1. The molecule has 2 rings (SSSR count). The van der Waals surface area contributed by atoms with Crippen LogP contribution in [0.5, 0.6) is 5.75 Å². The number of methoxy groups -OCH3 is 1. The number of carbonyl (C=O) groups excluding carboxylic acids is 1. The average molecular weight is 342 g/mol. The van der Waals surface area contributed by atoms with Gasteiger partial charge in [0.2, 0.25) is 0 Å². The van der Waals surface area contributed by atoms with Crippen molar-refractivity contribution in [3.8, 4) is 5.75 Å². The van der Waals surface area contributed by atoms with Crippen LogP contribution in [0.25, 0.3) is 0 Å².